The minimum Gasteiger partial charge on any atom is -0.481 e. The highest BCUT2D eigenvalue weighted by Gasteiger charge is 2.49. The van der Waals surface area contributed by atoms with Crippen LogP contribution in [0.1, 0.15) is 17.5 Å². The van der Waals surface area contributed by atoms with Gasteiger partial charge >= 0.3 is 11.9 Å². The maximum atomic E-state index is 12.7. The second-order valence-corrected chi connectivity index (χ2v) is 8.59. The predicted molar refractivity (Wildman–Crippen MR) is 103 cm³/mol. The Hall–Kier alpha value is -2.97. The molecule has 0 radical (unpaired) electrons. The summed E-state index contributed by atoms with van der Waals surface area (Å²) >= 11 is 0. The van der Waals surface area contributed by atoms with Crippen LogP contribution in [0.15, 0.2) is 59.5 Å². The Morgan fingerprint density at radius 3 is 2.18 bits per heavy atom. The van der Waals surface area contributed by atoms with Crippen LogP contribution in [0.5, 0.6) is 0 Å². The lowest BCUT2D eigenvalue weighted by Gasteiger charge is -2.28. The molecule has 2 aromatic carbocycles. The molecule has 1 unspecified atom stereocenters. The minimum atomic E-state index is -3.41. The standard InChI is InChI=1S/C20H19NO6S/c1-28(25,26)15-9-7-14(8-10-15)18-17(13-5-3-2-4-6-13)19(24)27-20(18,12-21)11-16(22)23/h2-10H,11-12,21H2,1H3,(H,22,23). The number of esters is 1. The van der Waals surface area contributed by atoms with E-state index in [-0.39, 0.29) is 17.0 Å². The third-order valence-corrected chi connectivity index (χ3v) is 5.73. The summed E-state index contributed by atoms with van der Waals surface area (Å²) in [5.41, 5.74) is 5.94. The highest BCUT2D eigenvalue weighted by atomic mass is 32.2. The molecule has 146 valence electrons. The summed E-state index contributed by atoms with van der Waals surface area (Å²) in [6.45, 7) is -0.232. The van der Waals surface area contributed by atoms with E-state index in [2.05, 4.69) is 0 Å². The monoisotopic (exact) mass is 401 g/mol. The third kappa shape index (κ3) is 3.56. The second kappa shape index (κ2) is 7.21. The molecular formula is C20H19NO6S. The van der Waals surface area contributed by atoms with E-state index in [1.54, 1.807) is 30.3 Å². The molecule has 0 aromatic heterocycles. The van der Waals surface area contributed by atoms with Crippen molar-refractivity contribution in [3.63, 3.8) is 0 Å². The number of ether oxygens (including phenoxy) is 1. The van der Waals surface area contributed by atoms with Gasteiger partial charge in [-0.1, -0.05) is 42.5 Å². The van der Waals surface area contributed by atoms with Crippen molar-refractivity contribution in [3.8, 4) is 0 Å². The van der Waals surface area contributed by atoms with E-state index >= 15 is 0 Å². The smallest absolute Gasteiger partial charge is 0.340 e. The summed E-state index contributed by atoms with van der Waals surface area (Å²) in [6, 6.07) is 14.6. The number of carboxylic acid groups (broad SMARTS) is 1. The van der Waals surface area contributed by atoms with Crippen LogP contribution < -0.4 is 5.73 Å². The average molecular weight is 401 g/mol. The van der Waals surface area contributed by atoms with Crippen LogP contribution in [0.2, 0.25) is 0 Å². The summed E-state index contributed by atoms with van der Waals surface area (Å²) in [5, 5.41) is 9.38. The van der Waals surface area contributed by atoms with Crippen LogP contribution in [-0.4, -0.2) is 43.9 Å². The van der Waals surface area contributed by atoms with Crippen molar-refractivity contribution in [1.82, 2.24) is 0 Å². The summed E-state index contributed by atoms with van der Waals surface area (Å²) in [5.74, 6) is -1.84. The molecule has 1 atom stereocenters. The number of carboxylic acids is 1. The van der Waals surface area contributed by atoms with Crippen molar-refractivity contribution in [2.45, 2.75) is 16.9 Å². The van der Waals surface area contributed by atoms with Gasteiger partial charge in [0.1, 0.15) is 0 Å². The number of cyclic esters (lactones) is 1. The number of rotatable bonds is 6. The number of hydrogen-bond acceptors (Lipinski definition) is 6. The van der Waals surface area contributed by atoms with Crippen molar-refractivity contribution in [2.24, 2.45) is 5.73 Å². The van der Waals surface area contributed by atoms with Crippen molar-refractivity contribution in [2.75, 3.05) is 12.8 Å². The molecule has 2 aromatic rings. The normalized spacial score (nSPS) is 19.6. The Morgan fingerprint density at radius 2 is 1.68 bits per heavy atom. The molecule has 0 saturated carbocycles. The summed E-state index contributed by atoms with van der Waals surface area (Å²) in [4.78, 5) is 24.3. The van der Waals surface area contributed by atoms with Gasteiger partial charge in [0.2, 0.25) is 0 Å². The number of aliphatic carboxylic acids is 1. The third-order valence-electron chi connectivity index (χ3n) is 4.60. The van der Waals surface area contributed by atoms with Gasteiger partial charge in [0, 0.05) is 18.4 Å². The van der Waals surface area contributed by atoms with Crippen LogP contribution in [0.25, 0.3) is 11.1 Å². The van der Waals surface area contributed by atoms with Gasteiger partial charge in [0.15, 0.2) is 15.4 Å². The molecule has 1 aliphatic rings. The topological polar surface area (TPSA) is 124 Å². The lowest BCUT2D eigenvalue weighted by molar-refractivity contribution is -0.150. The lowest BCUT2D eigenvalue weighted by atomic mass is 9.82. The number of carbonyl (C=O) groups is 2. The Balaban J connectivity index is 2.28. The molecule has 0 spiro atoms. The highest BCUT2D eigenvalue weighted by Crippen LogP contribution is 2.45. The van der Waals surface area contributed by atoms with E-state index in [1.165, 1.54) is 24.3 Å². The quantitative estimate of drug-likeness (QED) is 0.707. The van der Waals surface area contributed by atoms with Crippen molar-refractivity contribution >= 4 is 32.9 Å². The molecule has 3 N–H and O–H groups in total. The number of hydrogen-bond donors (Lipinski definition) is 2. The average Bonchev–Trinajstić information content (AvgIpc) is 2.93. The Morgan fingerprint density at radius 1 is 1.07 bits per heavy atom. The van der Waals surface area contributed by atoms with Gasteiger partial charge in [0.25, 0.3) is 0 Å². The van der Waals surface area contributed by atoms with Crippen LogP contribution >= 0.6 is 0 Å². The Bertz CT molecular complexity index is 1060. The fourth-order valence-electron chi connectivity index (χ4n) is 3.34. The fraction of sp³-hybridized carbons (Fsp3) is 0.200. The van der Waals surface area contributed by atoms with Crippen LogP contribution in [0.3, 0.4) is 0 Å². The van der Waals surface area contributed by atoms with E-state index in [4.69, 9.17) is 10.5 Å². The van der Waals surface area contributed by atoms with Crippen LogP contribution in [0.4, 0.5) is 0 Å². The summed E-state index contributed by atoms with van der Waals surface area (Å²) < 4.78 is 29.0. The lowest BCUT2D eigenvalue weighted by Crippen LogP contribution is -2.42. The first-order chi connectivity index (χ1) is 13.2. The highest BCUT2D eigenvalue weighted by molar-refractivity contribution is 7.90. The van der Waals surface area contributed by atoms with E-state index < -0.39 is 33.8 Å². The van der Waals surface area contributed by atoms with Gasteiger partial charge in [-0.3, -0.25) is 4.79 Å². The molecule has 28 heavy (non-hydrogen) atoms. The van der Waals surface area contributed by atoms with Crippen molar-refractivity contribution in [1.29, 1.82) is 0 Å². The number of sulfone groups is 1. The summed E-state index contributed by atoms with van der Waals surface area (Å²) in [6.07, 6.45) is 0.586. The molecule has 1 aliphatic heterocycles. The first-order valence-corrected chi connectivity index (χ1v) is 10.3. The molecule has 0 aliphatic carbocycles. The van der Waals surface area contributed by atoms with E-state index in [0.29, 0.717) is 16.7 Å². The Labute approximate surface area is 162 Å². The van der Waals surface area contributed by atoms with Gasteiger partial charge in [0.05, 0.1) is 16.9 Å². The van der Waals surface area contributed by atoms with E-state index in [0.717, 1.165) is 6.26 Å². The molecule has 1 heterocycles. The first-order valence-electron chi connectivity index (χ1n) is 8.44. The van der Waals surface area contributed by atoms with E-state index in [9.17, 15) is 23.1 Å². The molecule has 0 bridgehead atoms. The summed E-state index contributed by atoms with van der Waals surface area (Å²) in [7, 11) is -3.41. The largest absolute Gasteiger partial charge is 0.481 e. The Kier molecular flexibility index (Phi) is 5.10. The molecule has 0 fully saturated rings. The molecule has 0 saturated heterocycles. The molecule has 8 heteroatoms. The molecule has 0 amide bonds. The zero-order valence-corrected chi connectivity index (χ0v) is 15.9. The number of benzene rings is 2. The van der Waals surface area contributed by atoms with Gasteiger partial charge in [-0.25, -0.2) is 13.2 Å². The van der Waals surface area contributed by atoms with Crippen molar-refractivity contribution in [3.05, 3.63) is 65.7 Å². The fourth-order valence-corrected chi connectivity index (χ4v) is 3.97. The zero-order valence-electron chi connectivity index (χ0n) is 15.1. The SMILES string of the molecule is CS(=O)(=O)c1ccc(C2=C(c3ccccc3)C(=O)OC2(CN)CC(=O)O)cc1. The van der Waals surface area contributed by atoms with Gasteiger partial charge in [-0.2, -0.15) is 0 Å². The second-order valence-electron chi connectivity index (χ2n) is 6.57. The molecule has 3 rings (SSSR count). The molecule has 7 nitrogen and oxygen atoms in total. The zero-order chi connectivity index (χ0) is 20.5. The number of carbonyl (C=O) groups excluding carboxylic acids is 1. The van der Waals surface area contributed by atoms with Gasteiger partial charge < -0.3 is 15.6 Å². The predicted octanol–water partition coefficient (Wildman–Crippen LogP) is 1.73. The van der Waals surface area contributed by atoms with Crippen molar-refractivity contribution < 1.29 is 27.9 Å². The number of nitrogens with two attached hydrogens (primary N) is 1. The molecular weight excluding hydrogens is 382 g/mol. The van der Waals surface area contributed by atoms with Gasteiger partial charge in [-0.05, 0) is 23.3 Å². The van der Waals surface area contributed by atoms with Crippen LogP contribution in [0, 0.1) is 0 Å². The van der Waals surface area contributed by atoms with Gasteiger partial charge in [-0.15, -0.1) is 0 Å². The van der Waals surface area contributed by atoms with Crippen LogP contribution in [-0.2, 0) is 24.2 Å². The first kappa shape index (κ1) is 19.8. The minimum absolute atomic E-state index is 0.111. The van der Waals surface area contributed by atoms with E-state index in [1.807, 2.05) is 0 Å². The maximum Gasteiger partial charge on any atom is 0.340 e. The maximum absolute atomic E-state index is 12.7.